The normalized spacial score (nSPS) is 17.3. The van der Waals surface area contributed by atoms with E-state index in [9.17, 15) is 53.1 Å². The van der Waals surface area contributed by atoms with Crippen molar-refractivity contribution in [2.45, 2.75) is 143 Å². The first kappa shape index (κ1) is 77.8. The molecule has 6 heterocycles. The molecule has 30 nitrogen and oxygen atoms in total. The first-order valence-corrected chi connectivity index (χ1v) is 37.5. The van der Waals surface area contributed by atoms with Gasteiger partial charge in [0.05, 0.1) is 93.0 Å². The van der Waals surface area contributed by atoms with Crippen LogP contribution in [0.3, 0.4) is 0 Å². The molecule has 9 amide bonds. The lowest BCUT2D eigenvalue weighted by Crippen LogP contribution is -2.55. The number of nitrogens with one attached hydrogen (secondary N) is 6. The maximum Gasteiger partial charge on any atom is 0.416 e. The number of ether oxygens (including phenoxy) is 6. The lowest BCUT2D eigenvalue weighted by atomic mass is 9.95. The summed E-state index contributed by atoms with van der Waals surface area (Å²) in [5.41, 5.74) is 9.21. The van der Waals surface area contributed by atoms with Crippen LogP contribution >= 0.6 is 0 Å². The number of carbonyl (C=O) groups is 10. The first-order valence-electron chi connectivity index (χ1n) is 37.5. The predicted molar refractivity (Wildman–Crippen MR) is 411 cm³/mol. The minimum Gasteiger partial charge on any atom is -0.493 e. The molecule has 7 N–H and O–H groups in total. The Hall–Kier alpha value is -12.3. The number of aliphatic hydroxyl groups is 1. The zero-order valence-electron chi connectivity index (χ0n) is 63.6. The van der Waals surface area contributed by atoms with Gasteiger partial charge in [-0.2, -0.15) is 0 Å². The molecule has 30 heteroatoms. The molecule has 5 atom stereocenters. The number of para-hydroxylation sites is 1. The smallest absolute Gasteiger partial charge is 0.416 e. The molecule has 1 saturated carbocycles. The third kappa shape index (κ3) is 17.0. The predicted octanol–water partition coefficient (Wildman–Crippen LogP) is 8.42. The zero-order chi connectivity index (χ0) is 79.2. The van der Waals surface area contributed by atoms with E-state index in [0.29, 0.717) is 77.7 Å². The summed E-state index contributed by atoms with van der Waals surface area (Å²) in [4.78, 5) is 141. The summed E-state index contributed by atoms with van der Waals surface area (Å²) in [6.07, 6.45) is 2.21. The number of carbonyl (C=O) groups excluding carboxylic acids is 10. The van der Waals surface area contributed by atoms with Crippen molar-refractivity contribution in [1.29, 1.82) is 0 Å². The number of hydrogen-bond donors (Lipinski definition) is 7. The Morgan fingerprint density at radius 1 is 0.679 bits per heavy atom. The quantitative estimate of drug-likeness (QED) is 0.0187. The molecule has 7 aromatic rings. The number of benzene rings is 6. The summed E-state index contributed by atoms with van der Waals surface area (Å²) < 4.78 is 36.9. The van der Waals surface area contributed by atoms with E-state index in [1.807, 2.05) is 97.5 Å². The summed E-state index contributed by atoms with van der Waals surface area (Å²) in [5.74, 6) is -3.82. The number of aromatic nitrogens is 3. The summed E-state index contributed by atoms with van der Waals surface area (Å²) >= 11 is 0. The number of esters is 1. The number of rotatable bonds is 27. The second kappa shape index (κ2) is 33.5. The van der Waals surface area contributed by atoms with Crippen molar-refractivity contribution in [3.05, 3.63) is 161 Å². The molecule has 6 aromatic carbocycles. The maximum absolute atomic E-state index is 14.6. The number of anilines is 4. The van der Waals surface area contributed by atoms with Crippen LogP contribution in [-0.2, 0) is 62.8 Å². The van der Waals surface area contributed by atoms with E-state index in [1.54, 1.807) is 64.9 Å². The molecule has 13 rings (SSSR count). The van der Waals surface area contributed by atoms with Crippen LogP contribution in [0.1, 0.15) is 135 Å². The number of fused-ring (bicyclic) bond motifs is 9. The van der Waals surface area contributed by atoms with Gasteiger partial charge >= 0.3 is 12.1 Å². The number of amides is 9. The Kier molecular flexibility index (Phi) is 23.3. The van der Waals surface area contributed by atoms with Crippen LogP contribution in [0, 0.1) is 11.3 Å². The molecule has 5 aliphatic heterocycles. The van der Waals surface area contributed by atoms with Gasteiger partial charge in [-0.3, -0.25) is 43.2 Å². The summed E-state index contributed by atoms with van der Waals surface area (Å²) in [5, 5.41) is 37.7. The molecule has 1 aromatic heterocycles. The van der Waals surface area contributed by atoms with Gasteiger partial charge in [0, 0.05) is 80.5 Å². The largest absolute Gasteiger partial charge is 0.493 e. The third-order valence-corrected chi connectivity index (χ3v) is 21.0. The van der Waals surface area contributed by atoms with E-state index in [4.69, 9.17) is 28.4 Å². The fourth-order valence-electron chi connectivity index (χ4n) is 14.7. The number of hydrogen-bond acceptors (Lipinski definition) is 20. The van der Waals surface area contributed by atoms with E-state index in [0.717, 1.165) is 56.8 Å². The van der Waals surface area contributed by atoms with Crippen molar-refractivity contribution in [1.82, 2.24) is 46.1 Å². The second-order valence-electron chi connectivity index (χ2n) is 29.5. The molecule has 1 spiro atoms. The van der Waals surface area contributed by atoms with Crippen molar-refractivity contribution < 1.29 is 81.5 Å². The average molecular weight is 1530 g/mol. The lowest BCUT2D eigenvalue weighted by Gasteiger charge is -2.31. The molecule has 6 aliphatic rings. The Morgan fingerprint density at radius 2 is 1.33 bits per heavy atom. The van der Waals surface area contributed by atoms with Gasteiger partial charge in [0.1, 0.15) is 31.0 Å². The number of methoxy groups -OCH3 is 2. The topological polar surface area (TPSA) is 362 Å². The van der Waals surface area contributed by atoms with Crippen LogP contribution < -0.4 is 60.6 Å². The van der Waals surface area contributed by atoms with Gasteiger partial charge in [0.15, 0.2) is 29.2 Å². The maximum atomic E-state index is 14.6. The van der Waals surface area contributed by atoms with E-state index in [2.05, 4.69) is 42.2 Å². The summed E-state index contributed by atoms with van der Waals surface area (Å²) in [6, 6.07) is 32.5. The Labute approximate surface area is 646 Å². The van der Waals surface area contributed by atoms with Crippen LogP contribution in [0.15, 0.2) is 128 Å². The fraction of sp³-hybridized carbons (Fsp3) is 0.390. The van der Waals surface area contributed by atoms with Gasteiger partial charge in [0.2, 0.25) is 35.4 Å². The molecule has 1 unspecified atom stereocenters. The SMILES string of the molecule is COc1cc2c(cc1OCCCOc1cc3c(cc1OC)C(=O)N1CC4(CC4)C[C@H]1C(O)N3C(=O)OCc1ccc(NC(=O)[C@H](C)NC(=O)[C@@H](NC(=O)CNC(=O)CNC(=O)CCC(=O)N3Cc4ccccc4-c4nnn(C(C)C)c4-c4ccccc43)C(C)C)cc1)NC[C@@H]1CC(c3ccc(COC(C)=O)cc3)=CN1C2=O. The van der Waals surface area contributed by atoms with Crippen molar-refractivity contribution in [3.8, 4) is 45.5 Å². The Morgan fingerprint density at radius 3 is 2.02 bits per heavy atom. The van der Waals surface area contributed by atoms with Crippen molar-refractivity contribution in [2.24, 2.45) is 11.3 Å². The monoisotopic (exact) mass is 1530 g/mol. The number of nitrogens with zero attached hydrogens (tertiary/aromatic N) is 7. The highest BCUT2D eigenvalue weighted by molar-refractivity contribution is 6.07. The summed E-state index contributed by atoms with van der Waals surface area (Å²) in [6.45, 7) is 10.4. The molecular formula is C82H91N13O17. The lowest BCUT2D eigenvalue weighted by molar-refractivity contribution is -0.142. The van der Waals surface area contributed by atoms with Gasteiger partial charge in [-0.05, 0) is 116 Å². The van der Waals surface area contributed by atoms with E-state index < -0.39 is 79.0 Å². The van der Waals surface area contributed by atoms with E-state index in [-0.39, 0.29) is 110 Å². The van der Waals surface area contributed by atoms with Crippen molar-refractivity contribution in [2.75, 3.05) is 74.0 Å². The first-order chi connectivity index (χ1) is 53.9. The van der Waals surface area contributed by atoms with Crippen LogP contribution in [-0.4, -0.2) is 173 Å². The van der Waals surface area contributed by atoms with E-state index >= 15 is 0 Å². The van der Waals surface area contributed by atoms with Crippen molar-refractivity contribution >= 4 is 87.6 Å². The van der Waals surface area contributed by atoms with Gasteiger partial charge < -0.3 is 80.1 Å². The molecule has 0 radical (unpaired) electrons. The van der Waals surface area contributed by atoms with Gasteiger partial charge in [-0.15, -0.1) is 5.10 Å². The standard InChI is InChI=1S/C82H91N13O17/c1-46(2)73(88-71(99)40-85-70(98)39-84-69(97)26-27-72(100)92-41-53-14-9-10-15-57(53)74-75(95(47(3)4)90-89-74)58-16-11-12-17-62(58)92)77(102)86-48(5)76(101)87-55-24-20-51(21-25-55)44-112-81(106)94-63-36-68(66(108-8)34-60(63)79(104)93-45-82(28-29-82)37-64(93)80(94)105)110-31-13-30-109-67-35-61-59(33-65(67)107-7)78(103)91-42-54(32-56(91)38-83-61)52-22-18-50(19-23-52)43-111-49(6)96/h9-12,14-25,33-36,42,46-48,56,64,73,80,83,105H,13,26-32,37-41,43-45H2,1-8H3,(H,84,97)(H,85,98)(H,86,102)(H,87,101)(H,88,99)/t48-,56-,64-,73-,80?/m0/s1. The van der Waals surface area contributed by atoms with Crippen LogP contribution in [0.25, 0.3) is 28.1 Å². The summed E-state index contributed by atoms with van der Waals surface area (Å²) in [7, 11) is 2.93. The Balaban J connectivity index is 0.568. The molecule has 2 fully saturated rings. The van der Waals surface area contributed by atoms with Crippen LogP contribution in [0.2, 0.25) is 0 Å². The second-order valence-corrected chi connectivity index (χ2v) is 29.5. The molecule has 112 heavy (non-hydrogen) atoms. The van der Waals surface area contributed by atoms with Gasteiger partial charge in [-0.1, -0.05) is 97.9 Å². The van der Waals surface area contributed by atoms with Crippen LogP contribution in [0.4, 0.5) is 27.5 Å². The number of aliphatic hydroxyl groups excluding tert-OH is 1. The van der Waals surface area contributed by atoms with Gasteiger partial charge in [0.25, 0.3) is 11.8 Å². The highest BCUT2D eigenvalue weighted by atomic mass is 16.6. The van der Waals surface area contributed by atoms with E-state index in [1.165, 1.54) is 40.2 Å². The minimum atomic E-state index is -1.51. The Bertz CT molecular complexity index is 4840. The molecule has 586 valence electrons. The molecule has 1 aliphatic carbocycles. The highest BCUT2D eigenvalue weighted by Crippen LogP contribution is 2.57. The zero-order valence-corrected chi connectivity index (χ0v) is 63.6. The fourth-order valence-corrected chi connectivity index (χ4v) is 14.7. The molecule has 1 saturated heterocycles. The van der Waals surface area contributed by atoms with Crippen molar-refractivity contribution in [3.63, 3.8) is 0 Å². The highest BCUT2D eigenvalue weighted by Gasteiger charge is 2.58. The third-order valence-electron chi connectivity index (χ3n) is 21.0. The average Bonchev–Trinajstić information content (AvgIpc) is 1.42. The van der Waals surface area contributed by atoms with Gasteiger partial charge in [-0.25, -0.2) is 14.4 Å². The minimum absolute atomic E-state index is 0.0312. The van der Waals surface area contributed by atoms with Crippen LogP contribution in [0.5, 0.6) is 23.0 Å². The molecule has 0 bridgehead atoms. The molecular weight excluding hydrogens is 1440 g/mol.